The van der Waals surface area contributed by atoms with Crippen molar-refractivity contribution in [2.24, 2.45) is 18.2 Å². The largest absolute Gasteiger partial charge is 0.330 e. The Morgan fingerprint density at radius 2 is 1.72 bits per heavy atom. The van der Waals surface area contributed by atoms with E-state index < -0.39 is 0 Å². The van der Waals surface area contributed by atoms with Crippen molar-refractivity contribution in [1.29, 1.82) is 0 Å². The second-order valence-corrected chi connectivity index (χ2v) is 6.93. The fraction of sp³-hybridized carbons (Fsp3) is 0.857. The van der Waals surface area contributed by atoms with Crippen LogP contribution in [0.5, 0.6) is 0 Å². The summed E-state index contributed by atoms with van der Waals surface area (Å²) in [4.78, 5) is 4.66. The van der Waals surface area contributed by atoms with Gasteiger partial charge in [0.05, 0.1) is 0 Å². The first-order valence-electron chi connectivity index (χ1n) is 6.76. The number of aromatic nitrogens is 3. The molecule has 4 heteroatoms. The van der Waals surface area contributed by atoms with Crippen LogP contribution in [0.3, 0.4) is 0 Å². The predicted octanol–water partition coefficient (Wildman–Crippen LogP) is 2.42. The molecule has 2 N–H and O–H groups in total. The van der Waals surface area contributed by atoms with Crippen molar-refractivity contribution >= 4 is 0 Å². The minimum Gasteiger partial charge on any atom is -0.330 e. The molecule has 1 aromatic heterocycles. The maximum atomic E-state index is 5.64. The first-order chi connectivity index (χ1) is 8.15. The van der Waals surface area contributed by atoms with E-state index in [0.29, 0.717) is 0 Å². The molecule has 1 rings (SSSR count). The molecule has 0 aliphatic heterocycles. The quantitative estimate of drug-likeness (QED) is 0.875. The Morgan fingerprint density at radius 1 is 1.11 bits per heavy atom. The second-order valence-electron chi connectivity index (χ2n) is 6.93. The molecule has 1 aromatic rings. The highest BCUT2D eigenvalue weighted by Crippen LogP contribution is 2.26. The van der Waals surface area contributed by atoms with E-state index in [4.69, 9.17) is 5.73 Å². The Balaban J connectivity index is 2.72. The molecular formula is C14H28N4. The van der Waals surface area contributed by atoms with Crippen LogP contribution in [-0.4, -0.2) is 21.3 Å². The number of hydrogen-bond acceptors (Lipinski definition) is 3. The van der Waals surface area contributed by atoms with Gasteiger partial charge in [-0.15, -0.1) is 0 Å². The van der Waals surface area contributed by atoms with Gasteiger partial charge in [-0.1, -0.05) is 34.6 Å². The number of nitrogens with zero attached hydrogens (tertiary/aromatic N) is 3. The molecule has 0 aliphatic carbocycles. The zero-order valence-electron chi connectivity index (χ0n) is 12.7. The van der Waals surface area contributed by atoms with E-state index in [2.05, 4.69) is 44.7 Å². The van der Waals surface area contributed by atoms with Crippen molar-refractivity contribution in [2.75, 3.05) is 6.54 Å². The first-order valence-corrected chi connectivity index (χ1v) is 6.76. The Bertz CT molecular complexity index is 385. The van der Waals surface area contributed by atoms with Gasteiger partial charge in [0, 0.05) is 18.9 Å². The van der Waals surface area contributed by atoms with E-state index in [1.807, 2.05) is 11.7 Å². The van der Waals surface area contributed by atoms with Gasteiger partial charge in [-0.25, -0.2) is 4.98 Å². The van der Waals surface area contributed by atoms with E-state index in [-0.39, 0.29) is 10.8 Å². The topological polar surface area (TPSA) is 56.7 Å². The highest BCUT2D eigenvalue weighted by Gasteiger charge is 2.22. The van der Waals surface area contributed by atoms with Crippen molar-refractivity contribution in [3.8, 4) is 0 Å². The minimum absolute atomic E-state index is 0.0167. The molecule has 4 nitrogen and oxygen atoms in total. The smallest absolute Gasteiger partial charge is 0.156 e. The van der Waals surface area contributed by atoms with Crippen molar-refractivity contribution in [1.82, 2.24) is 14.8 Å². The van der Waals surface area contributed by atoms with Gasteiger partial charge in [-0.05, 0) is 24.8 Å². The van der Waals surface area contributed by atoms with Crippen LogP contribution < -0.4 is 5.73 Å². The molecule has 0 aromatic carbocycles. The maximum absolute atomic E-state index is 5.64. The summed E-state index contributed by atoms with van der Waals surface area (Å²) in [6.07, 6.45) is 3.11. The minimum atomic E-state index is 0.0167. The molecular weight excluding hydrogens is 224 g/mol. The van der Waals surface area contributed by atoms with Gasteiger partial charge in [0.2, 0.25) is 0 Å². The van der Waals surface area contributed by atoms with E-state index in [1.165, 1.54) is 0 Å². The summed E-state index contributed by atoms with van der Waals surface area (Å²) in [5.41, 5.74) is 5.94. The van der Waals surface area contributed by atoms with Crippen LogP contribution in [0, 0.1) is 5.41 Å². The van der Waals surface area contributed by atoms with Gasteiger partial charge in [0.25, 0.3) is 0 Å². The zero-order chi connectivity index (χ0) is 14.0. The molecule has 0 radical (unpaired) electrons. The summed E-state index contributed by atoms with van der Waals surface area (Å²) in [6, 6.07) is 0. The van der Waals surface area contributed by atoms with Gasteiger partial charge in [-0.2, -0.15) is 5.10 Å². The molecule has 1 heterocycles. The van der Waals surface area contributed by atoms with Gasteiger partial charge < -0.3 is 5.73 Å². The van der Waals surface area contributed by atoms with E-state index >= 15 is 0 Å². The summed E-state index contributed by atoms with van der Waals surface area (Å²) in [7, 11) is 1.98. The fourth-order valence-electron chi connectivity index (χ4n) is 1.92. The van der Waals surface area contributed by atoms with Crippen LogP contribution in [0.4, 0.5) is 0 Å². The Kier molecular flexibility index (Phi) is 4.54. The summed E-state index contributed by atoms with van der Waals surface area (Å²) in [5.74, 6) is 2.00. The Hall–Kier alpha value is -0.900. The first kappa shape index (κ1) is 15.2. The predicted molar refractivity (Wildman–Crippen MR) is 75.5 cm³/mol. The molecule has 0 bridgehead atoms. The molecule has 18 heavy (non-hydrogen) atoms. The van der Waals surface area contributed by atoms with Crippen molar-refractivity contribution in [2.45, 2.75) is 59.3 Å². The lowest BCUT2D eigenvalue weighted by atomic mass is 9.84. The fourth-order valence-corrected chi connectivity index (χ4v) is 1.92. The van der Waals surface area contributed by atoms with Crippen molar-refractivity contribution in [3.05, 3.63) is 11.6 Å². The molecule has 0 atom stereocenters. The summed E-state index contributed by atoms with van der Waals surface area (Å²) in [6.45, 7) is 11.7. The standard InChI is InChI=1S/C14H28N4/c1-13(2,3)12-16-11(18(6)17-12)7-8-14(4,5)9-10-15/h7-10,15H2,1-6H3. The molecule has 0 amide bonds. The third-order valence-corrected chi connectivity index (χ3v) is 3.37. The molecule has 0 spiro atoms. The zero-order valence-corrected chi connectivity index (χ0v) is 12.7. The monoisotopic (exact) mass is 252 g/mol. The number of aryl methyl sites for hydroxylation is 2. The van der Waals surface area contributed by atoms with E-state index in [0.717, 1.165) is 37.5 Å². The molecule has 0 fully saturated rings. The van der Waals surface area contributed by atoms with Crippen LogP contribution in [0.2, 0.25) is 0 Å². The summed E-state index contributed by atoms with van der Waals surface area (Å²) >= 11 is 0. The lowest BCUT2D eigenvalue weighted by Gasteiger charge is -2.23. The lowest BCUT2D eigenvalue weighted by molar-refractivity contribution is 0.309. The highest BCUT2D eigenvalue weighted by molar-refractivity contribution is 5.03. The lowest BCUT2D eigenvalue weighted by Crippen LogP contribution is -2.18. The van der Waals surface area contributed by atoms with Crippen LogP contribution in [0.15, 0.2) is 0 Å². The molecule has 0 aliphatic rings. The van der Waals surface area contributed by atoms with Gasteiger partial charge in [0.15, 0.2) is 5.82 Å². The second kappa shape index (κ2) is 5.39. The van der Waals surface area contributed by atoms with Crippen LogP contribution in [0.1, 0.15) is 59.1 Å². The molecule has 0 saturated carbocycles. The average Bonchev–Trinajstić information content (AvgIpc) is 2.56. The number of nitrogens with two attached hydrogens (primary N) is 1. The van der Waals surface area contributed by atoms with Gasteiger partial charge >= 0.3 is 0 Å². The van der Waals surface area contributed by atoms with Gasteiger partial charge in [-0.3, -0.25) is 4.68 Å². The molecule has 0 unspecified atom stereocenters. The number of hydrogen-bond donors (Lipinski definition) is 1. The average molecular weight is 252 g/mol. The molecule has 0 saturated heterocycles. The maximum Gasteiger partial charge on any atom is 0.156 e. The normalized spacial score (nSPS) is 13.1. The summed E-state index contributed by atoms with van der Waals surface area (Å²) in [5, 5.41) is 4.51. The van der Waals surface area contributed by atoms with Gasteiger partial charge in [0.1, 0.15) is 5.82 Å². The van der Waals surface area contributed by atoms with Crippen molar-refractivity contribution in [3.63, 3.8) is 0 Å². The third kappa shape index (κ3) is 4.09. The molecule has 104 valence electrons. The van der Waals surface area contributed by atoms with Crippen LogP contribution in [0.25, 0.3) is 0 Å². The third-order valence-electron chi connectivity index (χ3n) is 3.37. The summed E-state index contributed by atoms with van der Waals surface area (Å²) < 4.78 is 1.92. The number of rotatable bonds is 5. The highest BCUT2D eigenvalue weighted by atomic mass is 15.3. The Morgan fingerprint density at radius 3 is 2.17 bits per heavy atom. The van der Waals surface area contributed by atoms with E-state index in [9.17, 15) is 0 Å². The van der Waals surface area contributed by atoms with Crippen LogP contribution >= 0.6 is 0 Å². The SMILES string of the molecule is Cn1nc(C(C)(C)C)nc1CCC(C)(C)CCN. The Labute approximate surface area is 111 Å². The van der Waals surface area contributed by atoms with E-state index in [1.54, 1.807) is 0 Å². The van der Waals surface area contributed by atoms with Crippen molar-refractivity contribution < 1.29 is 0 Å². The van der Waals surface area contributed by atoms with Crippen LogP contribution in [-0.2, 0) is 18.9 Å².